The molecule has 0 spiro atoms. The summed E-state index contributed by atoms with van der Waals surface area (Å²) in [7, 11) is 0. The van der Waals surface area contributed by atoms with Crippen molar-refractivity contribution in [2.24, 2.45) is 0 Å². The minimum absolute atomic E-state index is 0.0199. The van der Waals surface area contributed by atoms with E-state index in [2.05, 4.69) is 15.5 Å². The van der Waals surface area contributed by atoms with E-state index in [1.54, 1.807) is 6.33 Å². The quantitative estimate of drug-likeness (QED) is 0.574. The molecule has 1 aromatic heterocycles. The molecular weight excluding hydrogens is 284 g/mol. The topological polar surface area (TPSA) is 117 Å². The maximum atomic E-state index is 11.7. The standard InChI is InChI=1S/C11H18N4O4S/c1-7(2)15-6-12-14-11(15)20-5-9(17)13-8(3-4-16)10(18)19/h6-8,16H,3-5H2,1-2H3,(H,13,17)(H,18,19). The molecule has 0 saturated heterocycles. The Morgan fingerprint density at radius 2 is 2.20 bits per heavy atom. The van der Waals surface area contributed by atoms with Gasteiger partial charge in [0.05, 0.1) is 5.75 Å². The van der Waals surface area contributed by atoms with Gasteiger partial charge in [-0.05, 0) is 13.8 Å². The highest BCUT2D eigenvalue weighted by Crippen LogP contribution is 2.18. The number of aliphatic hydroxyl groups is 1. The molecule has 0 aliphatic carbocycles. The molecule has 112 valence electrons. The predicted molar refractivity (Wildman–Crippen MR) is 72.4 cm³/mol. The average Bonchev–Trinajstić information content (AvgIpc) is 2.84. The Morgan fingerprint density at radius 3 is 2.75 bits per heavy atom. The van der Waals surface area contributed by atoms with Crippen molar-refractivity contribution in [2.45, 2.75) is 37.5 Å². The predicted octanol–water partition coefficient (Wildman–Crippen LogP) is -0.0971. The Kier molecular flexibility index (Phi) is 6.46. The molecule has 0 aromatic carbocycles. The van der Waals surface area contributed by atoms with Crippen molar-refractivity contribution >= 4 is 23.6 Å². The Labute approximate surface area is 120 Å². The summed E-state index contributed by atoms with van der Waals surface area (Å²) < 4.78 is 1.82. The molecule has 0 fully saturated rings. The lowest BCUT2D eigenvalue weighted by Crippen LogP contribution is -2.42. The largest absolute Gasteiger partial charge is 0.480 e. The lowest BCUT2D eigenvalue weighted by Gasteiger charge is -2.13. The summed E-state index contributed by atoms with van der Waals surface area (Å²) in [4.78, 5) is 22.5. The number of aliphatic hydroxyl groups excluding tert-OH is 1. The molecule has 1 unspecified atom stereocenters. The van der Waals surface area contributed by atoms with Crippen molar-refractivity contribution in [1.82, 2.24) is 20.1 Å². The Bertz CT molecular complexity index is 463. The zero-order chi connectivity index (χ0) is 15.1. The fourth-order valence-corrected chi connectivity index (χ4v) is 2.30. The van der Waals surface area contributed by atoms with Gasteiger partial charge in [-0.25, -0.2) is 4.79 Å². The maximum absolute atomic E-state index is 11.7. The lowest BCUT2D eigenvalue weighted by atomic mass is 10.2. The van der Waals surface area contributed by atoms with Crippen molar-refractivity contribution in [2.75, 3.05) is 12.4 Å². The smallest absolute Gasteiger partial charge is 0.326 e. The first-order valence-corrected chi connectivity index (χ1v) is 7.09. The minimum atomic E-state index is -1.16. The van der Waals surface area contributed by atoms with Crippen LogP contribution in [0.4, 0.5) is 0 Å². The van der Waals surface area contributed by atoms with Crippen molar-refractivity contribution in [3.05, 3.63) is 6.33 Å². The van der Waals surface area contributed by atoms with E-state index in [1.165, 1.54) is 11.8 Å². The van der Waals surface area contributed by atoms with Crippen LogP contribution in [0.3, 0.4) is 0 Å². The SMILES string of the molecule is CC(C)n1cnnc1SCC(=O)NC(CCO)C(=O)O. The van der Waals surface area contributed by atoms with E-state index in [9.17, 15) is 9.59 Å². The molecule has 0 aliphatic rings. The molecule has 0 aliphatic heterocycles. The number of carboxylic acids is 1. The van der Waals surface area contributed by atoms with Crippen molar-refractivity contribution in [3.63, 3.8) is 0 Å². The number of nitrogens with zero attached hydrogens (tertiary/aromatic N) is 3. The summed E-state index contributed by atoms with van der Waals surface area (Å²) in [5.41, 5.74) is 0. The van der Waals surface area contributed by atoms with Crippen LogP contribution in [0.5, 0.6) is 0 Å². The third-order valence-corrected chi connectivity index (χ3v) is 3.44. The molecule has 9 heteroatoms. The van der Waals surface area contributed by atoms with Crippen LogP contribution in [0.1, 0.15) is 26.3 Å². The number of thioether (sulfide) groups is 1. The summed E-state index contributed by atoms with van der Waals surface area (Å²) in [6, 6.07) is -0.896. The summed E-state index contributed by atoms with van der Waals surface area (Å²) in [6.07, 6.45) is 1.56. The zero-order valence-corrected chi connectivity index (χ0v) is 12.1. The highest BCUT2D eigenvalue weighted by Gasteiger charge is 2.19. The van der Waals surface area contributed by atoms with E-state index in [-0.39, 0.29) is 24.8 Å². The van der Waals surface area contributed by atoms with Crippen LogP contribution in [0.2, 0.25) is 0 Å². The second kappa shape index (κ2) is 7.85. The second-order valence-corrected chi connectivity index (χ2v) is 5.32. The van der Waals surface area contributed by atoms with Crippen LogP contribution >= 0.6 is 11.8 Å². The van der Waals surface area contributed by atoms with Crippen LogP contribution in [0.25, 0.3) is 0 Å². The minimum Gasteiger partial charge on any atom is -0.480 e. The number of aliphatic carboxylic acids is 1. The molecule has 0 saturated carbocycles. The average molecular weight is 302 g/mol. The summed E-state index contributed by atoms with van der Waals surface area (Å²) in [5.74, 6) is -1.54. The number of carbonyl (C=O) groups excluding carboxylic acids is 1. The molecule has 1 rings (SSSR count). The number of aromatic nitrogens is 3. The fourth-order valence-electron chi connectivity index (χ4n) is 1.44. The van der Waals surface area contributed by atoms with Crippen molar-refractivity contribution in [3.8, 4) is 0 Å². The van der Waals surface area contributed by atoms with Gasteiger partial charge in [0.2, 0.25) is 5.91 Å². The third-order valence-electron chi connectivity index (χ3n) is 2.48. The van der Waals surface area contributed by atoms with Gasteiger partial charge in [-0.2, -0.15) is 0 Å². The molecule has 0 radical (unpaired) electrons. The van der Waals surface area contributed by atoms with E-state index in [0.29, 0.717) is 5.16 Å². The Morgan fingerprint density at radius 1 is 1.50 bits per heavy atom. The fraction of sp³-hybridized carbons (Fsp3) is 0.636. The van der Waals surface area contributed by atoms with Gasteiger partial charge >= 0.3 is 5.97 Å². The lowest BCUT2D eigenvalue weighted by molar-refractivity contribution is -0.141. The van der Waals surface area contributed by atoms with Gasteiger partial charge in [0.15, 0.2) is 5.16 Å². The van der Waals surface area contributed by atoms with Gasteiger partial charge in [0.25, 0.3) is 0 Å². The molecule has 1 atom stereocenters. The van der Waals surface area contributed by atoms with E-state index >= 15 is 0 Å². The highest BCUT2D eigenvalue weighted by atomic mass is 32.2. The molecule has 1 amide bonds. The number of amides is 1. The molecular formula is C11H18N4O4S. The first-order chi connectivity index (χ1) is 9.45. The van der Waals surface area contributed by atoms with E-state index in [0.717, 1.165) is 0 Å². The molecule has 1 aromatic rings. The third kappa shape index (κ3) is 4.82. The van der Waals surface area contributed by atoms with E-state index in [4.69, 9.17) is 10.2 Å². The Balaban J connectivity index is 2.50. The first-order valence-electron chi connectivity index (χ1n) is 6.11. The van der Waals surface area contributed by atoms with Gasteiger partial charge in [0.1, 0.15) is 12.4 Å². The van der Waals surface area contributed by atoms with Crippen molar-refractivity contribution < 1.29 is 19.8 Å². The number of nitrogens with one attached hydrogen (secondary N) is 1. The monoisotopic (exact) mass is 302 g/mol. The van der Waals surface area contributed by atoms with E-state index < -0.39 is 17.9 Å². The Hall–Kier alpha value is -1.61. The van der Waals surface area contributed by atoms with Gasteiger partial charge in [0, 0.05) is 19.1 Å². The maximum Gasteiger partial charge on any atom is 0.326 e. The second-order valence-electron chi connectivity index (χ2n) is 4.37. The van der Waals surface area contributed by atoms with Crippen LogP contribution < -0.4 is 5.32 Å². The number of rotatable bonds is 8. The zero-order valence-electron chi connectivity index (χ0n) is 11.3. The summed E-state index contributed by atoms with van der Waals surface area (Å²) in [5, 5.41) is 28.2. The van der Waals surface area contributed by atoms with E-state index in [1.807, 2.05) is 18.4 Å². The molecule has 3 N–H and O–H groups in total. The molecule has 1 heterocycles. The first kappa shape index (κ1) is 16.4. The summed E-state index contributed by atoms with van der Waals surface area (Å²) in [6.45, 7) is 3.64. The van der Waals surface area contributed by atoms with Crippen LogP contribution in [-0.4, -0.2) is 55.3 Å². The normalized spacial score (nSPS) is 12.4. The molecule has 8 nitrogen and oxygen atoms in total. The number of carboxylic acid groups (broad SMARTS) is 1. The van der Waals surface area contributed by atoms with Crippen LogP contribution in [0.15, 0.2) is 11.5 Å². The molecule has 0 bridgehead atoms. The molecule has 20 heavy (non-hydrogen) atoms. The van der Waals surface area contributed by atoms with Gasteiger partial charge in [-0.3, -0.25) is 4.79 Å². The highest BCUT2D eigenvalue weighted by molar-refractivity contribution is 7.99. The van der Waals surface area contributed by atoms with Crippen LogP contribution in [-0.2, 0) is 9.59 Å². The van der Waals surface area contributed by atoms with Crippen LogP contribution in [0, 0.1) is 0 Å². The van der Waals surface area contributed by atoms with Gasteiger partial charge < -0.3 is 20.1 Å². The van der Waals surface area contributed by atoms with Gasteiger partial charge in [-0.1, -0.05) is 11.8 Å². The van der Waals surface area contributed by atoms with Gasteiger partial charge in [-0.15, -0.1) is 10.2 Å². The number of hydrogen-bond acceptors (Lipinski definition) is 6. The summed E-state index contributed by atoms with van der Waals surface area (Å²) >= 11 is 1.18. The van der Waals surface area contributed by atoms with Crippen molar-refractivity contribution in [1.29, 1.82) is 0 Å². The number of hydrogen-bond donors (Lipinski definition) is 3. The number of carbonyl (C=O) groups is 2.